The number of carbonyl (C=O) groups excluding carboxylic acids is 2. The van der Waals surface area contributed by atoms with Gasteiger partial charge in [-0.05, 0) is 19.3 Å². The molecule has 2 atom stereocenters. The molecule has 15 heavy (non-hydrogen) atoms. The topological polar surface area (TPSA) is 63.6 Å². The second-order valence-electron chi connectivity index (χ2n) is 5.22. The van der Waals surface area contributed by atoms with Crippen molar-refractivity contribution in [3.05, 3.63) is 0 Å². The molecular weight excluding hydrogens is 196 g/mol. The minimum absolute atomic E-state index is 0.289. The molecule has 86 valence electrons. The normalized spacial score (nSPS) is 28.4. The van der Waals surface area contributed by atoms with Crippen LogP contribution in [0.3, 0.4) is 0 Å². The number of ketones is 1. The van der Waals surface area contributed by atoms with Crippen LogP contribution in [0.1, 0.15) is 27.7 Å². The van der Waals surface area contributed by atoms with E-state index >= 15 is 0 Å². The zero-order chi connectivity index (χ0) is 12.0. The van der Waals surface area contributed by atoms with E-state index in [2.05, 4.69) is 4.74 Å². The van der Waals surface area contributed by atoms with Crippen LogP contribution in [0.2, 0.25) is 0 Å². The molecule has 1 aliphatic rings. The van der Waals surface area contributed by atoms with Crippen LogP contribution in [0, 0.1) is 17.3 Å². The van der Waals surface area contributed by atoms with E-state index in [1.54, 1.807) is 0 Å². The molecule has 0 amide bonds. The smallest absolute Gasteiger partial charge is 0.309 e. The van der Waals surface area contributed by atoms with Crippen molar-refractivity contribution in [3.8, 4) is 0 Å². The predicted molar refractivity (Wildman–Crippen MR) is 54.1 cm³/mol. The fourth-order valence-corrected chi connectivity index (χ4v) is 2.07. The summed E-state index contributed by atoms with van der Waals surface area (Å²) in [5.74, 6) is -1.50. The molecule has 0 unspecified atom stereocenters. The van der Waals surface area contributed by atoms with Crippen LogP contribution in [-0.2, 0) is 14.3 Å². The third kappa shape index (κ3) is 1.91. The van der Waals surface area contributed by atoms with Crippen LogP contribution in [0.4, 0.5) is 0 Å². The van der Waals surface area contributed by atoms with Gasteiger partial charge in [0.2, 0.25) is 0 Å². The molecule has 0 aromatic rings. The van der Waals surface area contributed by atoms with Gasteiger partial charge in [-0.1, -0.05) is 13.8 Å². The average Bonchev–Trinajstić information content (AvgIpc) is 2.64. The van der Waals surface area contributed by atoms with Crippen LogP contribution in [-0.4, -0.2) is 29.6 Å². The first-order valence-electron chi connectivity index (χ1n) is 4.98. The largest absolute Gasteiger partial charge is 0.469 e. The summed E-state index contributed by atoms with van der Waals surface area (Å²) in [6.45, 7) is 6.56. The van der Waals surface area contributed by atoms with Gasteiger partial charge in [0.15, 0.2) is 5.78 Å². The Morgan fingerprint density at radius 3 is 2.07 bits per heavy atom. The molecule has 0 spiro atoms. The zero-order valence-electron chi connectivity index (χ0n) is 9.83. The van der Waals surface area contributed by atoms with E-state index in [4.69, 9.17) is 0 Å². The summed E-state index contributed by atoms with van der Waals surface area (Å²) in [6, 6.07) is 0. The van der Waals surface area contributed by atoms with Crippen molar-refractivity contribution in [2.45, 2.75) is 33.3 Å². The van der Waals surface area contributed by atoms with E-state index in [0.29, 0.717) is 0 Å². The summed E-state index contributed by atoms with van der Waals surface area (Å²) in [7, 11) is 1.31. The lowest BCUT2D eigenvalue weighted by Crippen LogP contribution is -2.34. The molecule has 1 saturated carbocycles. The van der Waals surface area contributed by atoms with Gasteiger partial charge in [0.05, 0.1) is 13.0 Å². The quantitative estimate of drug-likeness (QED) is 0.705. The van der Waals surface area contributed by atoms with Gasteiger partial charge >= 0.3 is 5.97 Å². The Labute approximate surface area is 89.6 Å². The Balaban J connectivity index is 2.84. The second-order valence-corrected chi connectivity index (χ2v) is 5.22. The number of esters is 1. The highest BCUT2D eigenvalue weighted by Crippen LogP contribution is 2.60. The van der Waals surface area contributed by atoms with Gasteiger partial charge in [0.25, 0.3) is 0 Å². The summed E-state index contributed by atoms with van der Waals surface area (Å²) in [5.41, 5.74) is -1.78. The fraction of sp³-hybridized carbons (Fsp3) is 0.818. The van der Waals surface area contributed by atoms with Crippen molar-refractivity contribution in [1.82, 2.24) is 0 Å². The first kappa shape index (κ1) is 12.2. The van der Waals surface area contributed by atoms with Crippen molar-refractivity contribution in [2.75, 3.05) is 7.11 Å². The Morgan fingerprint density at radius 1 is 1.27 bits per heavy atom. The van der Waals surface area contributed by atoms with Crippen LogP contribution >= 0.6 is 0 Å². The molecule has 4 nitrogen and oxygen atoms in total. The maximum absolute atomic E-state index is 11.8. The standard InChI is InChI=1S/C11H18O4/c1-10(2)6(7(10)9(13)15-5)8(12)11(3,4)14/h6-7,14H,1-5H3/t6-,7-/m0/s1. The Morgan fingerprint density at radius 2 is 1.73 bits per heavy atom. The predicted octanol–water partition coefficient (Wildman–Crippen LogP) is 0.772. The molecule has 1 fully saturated rings. The monoisotopic (exact) mass is 214 g/mol. The van der Waals surface area contributed by atoms with Crippen molar-refractivity contribution in [2.24, 2.45) is 17.3 Å². The van der Waals surface area contributed by atoms with Gasteiger partial charge in [-0.3, -0.25) is 9.59 Å². The van der Waals surface area contributed by atoms with Gasteiger partial charge in [0.1, 0.15) is 5.60 Å². The number of hydrogen-bond acceptors (Lipinski definition) is 4. The Hall–Kier alpha value is -0.900. The molecule has 0 bridgehead atoms. The minimum atomic E-state index is -1.38. The van der Waals surface area contributed by atoms with Crippen LogP contribution in [0.15, 0.2) is 0 Å². The first-order chi connectivity index (χ1) is 6.64. The fourth-order valence-electron chi connectivity index (χ4n) is 2.07. The van der Waals surface area contributed by atoms with Crippen LogP contribution in [0.5, 0.6) is 0 Å². The summed E-state index contributed by atoms with van der Waals surface area (Å²) < 4.78 is 4.63. The summed E-state index contributed by atoms with van der Waals surface area (Å²) in [4.78, 5) is 23.2. The van der Waals surface area contributed by atoms with Gasteiger partial charge in [0, 0.05) is 5.92 Å². The molecule has 4 heteroatoms. The third-order valence-electron chi connectivity index (χ3n) is 3.17. The number of Topliss-reactive ketones (excluding diaryl/α,β-unsaturated/α-hetero) is 1. The highest BCUT2D eigenvalue weighted by atomic mass is 16.5. The van der Waals surface area contributed by atoms with Gasteiger partial charge < -0.3 is 9.84 Å². The van der Waals surface area contributed by atoms with Gasteiger partial charge in [-0.15, -0.1) is 0 Å². The molecule has 0 heterocycles. The maximum atomic E-state index is 11.8. The molecule has 0 aliphatic heterocycles. The average molecular weight is 214 g/mol. The first-order valence-corrected chi connectivity index (χ1v) is 4.98. The number of rotatable bonds is 3. The van der Waals surface area contributed by atoms with E-state index in [0.717, 1.165) is 0 Å². The van der Waals surface area contributed by atoms with Crippen molar-refractivity contribution < 1.29 is 19.4 Å². The molecule has 1 N–H and O–H groups in total. The number of methoxy groups -OCH3 is 1. The molecule has 1 rings (SSSR count). The lowest BCUT2D eigenvalue weighted by atomic mass is 9.95. The maximum Gasteiger partial charge on any atom is 0.309 e. The SMILES string of the molecule is COC(=O)[C@@H]1[C@@H](C(=O)C(C)(C)O)C1(C)C. The molecule has 0 radical (unpaired) electrons. The minimum Gasteiger partial charge on any atom is -0.469 e. The zero-order valence-corrected chi connectivity index (χ0v) is 9.83. The summed E-state index contributed by atoms with van der Waals surface area (Å²) in [5, 5.41) is 9.60. The molecule has 0 saturated heterocycles. The number of hydrogen-bond donors (Lipinski definition) is 1. The van der Waals surface area contributed by atoms with E-state index in [1.807, 2.05) is 13.8 Å². The van der Waals surface area contributed by atoms with Crippen LogP contribution in [0.25, 0.3) is 0 Å². The second kappa shape index (κ2) is 3.30. The number of carbonyl (C=O) groups is 2. The van der Waals surface area contributed by atoms with Crippen molar-refractivity contribution >= 4 is 11.8 Å². The highest BCUT2D eigenvalue weighted by molar-refractivity contribution is 5.97. The van der Waals surface area contributed by atoms with E-state index < -0.39 is 22.9 Å². The summed E-state index contributed by atoms with van der Waals surface area (Å²) >= 11 is 0. The van der Waals surface area contributed by atoms with Crippen molar-refractivity contribution in [1.29, 1.82) is 0 Å². The van der Waals surface area contributed by atoms with Crippen molar-refractivity contribution in [3.63, 3.8) is 0 Å². The Bertz CT molecular complexity index is 298. The number of aliphatic hydroxyl groups is 1. The van der Waals surface area contributed by atoms with Crippen LogP contribution < -0.4 is 0 Å². The lowest BCUT2D eigenvalue weighted by Gasteiger charge is -2.16. The highest BCUT2D eigenvalue weighted by Gasteiger charge is 2.67. The number of ether oxygens (including phenoxy) is 1. The third-order valence-corrected chi connectivity index (χ3v) is 3.17. The molecule has 0 aromatic heterocycles. The van der Waals surface area contributed by atoms with E-state index in [9.17, 15) is 14.7 Å². The van der Waals surface area contributed by atoms with Gasteiger partial charge in [-0.2, -0.15) is 0 Å². The van der Waals surface area contributed by atoms with E-state index in [-0.39, 0.29) is 11.8 Å². The Kier molecular flexibility index (Phi) is 2.68. The molecule has 0 aromatic carbocycles. The van der Waals surface area contributed by atoms with Gasteiger partial charge in [-0.25, -0.2) is 0 Å². The molecular formula is C11H18O4. The lowest BCUT2D eigenvalue weighted by molar-refractivity contribution is -0.145. The summed E-state index contributed by atoms with van der Waals surface area (Å²) in [6.07, 6.45) is 0. The van der Waals surface area contributed by atoms with E-state index in [1.165, 1.54) is 21.0 Å². The molecule has 1 aliphatic carbocycles.